The number of primary amides is 1. The van der Waals surface area contributed by atoms with Crippen LogP contribution in [0.25, 0.3) is 22.4 Å². The molecule has 0 fully saturated rings. The Labute approximate surface area is 123 Å². The van der Waals surface area contributed by atoms with Gasteiger partial charge in [-0.2, -0.15) is 0 Å². The fourth-order valence-electron chi connectivity index (χ4n) is 2.47. The third-order valence-electron chi connectivity index (χ3n) is 3.56. The largest absolute Gasteiger partial charge is 0.366 e. The Kier molecular flexibility index (Phi) is 3.32. The summed E-state index contributed by atoms with van der Waals surface area (Å²) in [6.45, 7) is 1.85. The molecule has 104 valence electrons. The summed E-state index contributed by atoms with van der Waals surface area (Å²) in [6, 6.07) is 20.2. The summed E-state index contributed by atoms with van der Waals surface area (Å²) < 4.78 is 0. The standard InChI is InChI=1S/C18H16N2O/c1-12-16(18(19)21)11-17(20-12)15-9-5-8-14(10-15)13-6-3-2-4-7-13/h2-11,20H,1H3,(H2,19,21). The fourth-order valence-corrected chi connectivity index (χ4v) is 2.47. The first-order valence-corrected chi connectivity index (χ1v) is 6.80. The van der Waals surface area contributed by atoms with E-state index in [1.54, 1.807) is 0 Å². The number of hydrogen-bond acceptors (Lipinski definition) is 1. The van der Waals surface area contributed by atoms with E-state index < -0.39 is 5.91 Å². The van der Waals surface area contributed by atoms with Crippen LogP contribution in [0.3, 0.4) is 0 Å². The zero-order chi connectivity index (χ0) is 14.8. The van der Waals surface area contributed by atoms with Crippen molar-refractivity contribution in [2.24, 2.45) is 5.73 Å². The molecule has 21 heavy (non-hydrogen) atoms. The lowest BCUT2D eigenvalue weighted by atomic mass is 10.0. The van der Waals surface area contributed by atoms with Crippen LogP contribution in [0.1, 0.15) is 16.1 Å². The van der Waals surface area contributed by atoms with Crippen molar-refractivity contribution in [2.75, 3.05) is 0 Å². The highest BCUT2D eigenvalue weighted by atomic mass is 16.1. The zero-order valence-corrected chi connectivity index (χ0v) is 11.8. The summed E-state index contributed by atoms with van der Waals surface area (Å²) >= 11 is 0. The van der Waals surface area contributed by atoms with E-state index in [-0.39, 0.29) is 0 Å². The van der Waals surface area contributed by atoms with E-state index in [1.807, 2.05) is 43.3 Å². The minimum atomic E-state index is -0.408. The van der Waals surface area contributed by atoms with Gasteiger partial charge < -0.3 is 10.7 Å². The molecule has 0 atom stereocenters. The van der Waals surface area contributed by atoms with Crippen molar-refractivity contribution in [1.29, 1.82) is 0 Å². The number of nitrogens with two attached hydrogens (primary N) is 1. The Balaban J connectivity index is 2.04. The first kappa shape index (κ1) is 13.2. The lowest BCUT2D eigenvalue weighted by Gasteiger charge is -2.04. The fraction of sp³-hybridized carbons (Fsp3) is 0.0556. The molecule has 3 nitrogen and oxygen atoms in total. The van der Waals surface area contributed by atoms with Crippen molar-refractivity contribution in [3.8, 4) is 22.4 Å². The molecule has 0 aliphatic heterocycles. The van der Waals surface area contributed by atoms with Gasteiger partial charge in [-0.15, -0.1) is 0 Å². The lowest BCUT2D eigenvalue weighted by molar-refractivity contribution is 0.1000. The molecule has 3 aromatic rings. The van der Waals surface area contributed by atoms with Gasteiger partial charge in [0.25, 0.3) is 5.91 Å². The molecule has 3 heteroatoms. The van der Waals surface area contributed by atoms with E-state index in [1.165, 1.54) is 0 Å². The van der Waals surface area contributed by atoms with Crippen LogP contribution < -0.4 is 5.73 Å². The van der Waals surface area contributed by atoms with Crippen LogP contribution in [-0.4, -0.2) is 10.9 Å². The van der Waals surface area contributed by atoms with Crippen LogP contribution in [0, 0.1) is 6.92 Å². The average molecular weight is 276 g/mol. The van der Waals surface area contributed by atoms with Crippen LogP contribution in [-0.2, 0) is 0 Å². The highest BCUT2D eigenvalue weighted by molar-refractivity contribution is 5.95. The first-order valence-electron chi connectivity index (χ1n) is 6.80. The molecule has 3 rings (SSSR count). The molecule has 2 aromatic carbocycles. The van der Waals surface area contributed by atoms with Gasteiger partial charge in [-0.05, 0) is 35.7 Å². The van der Waals surface area contributed by atoms with E-state index >= 15 is 0 Å². The van der Waals surface area contributed by atoms with Crippen molar-refractivity contribution in [2.45, 2.75) is 6.92 Å². The number of amides is 1. The van der Waals surface area contributed by atoms with Crippen LogP contribution in [0.5, 0.6) is 0 Å². The molecular formula is C18H16N2O. The lowest BCUT2D eigenvalue weighted by Crippen LogP contribution is -2.10. The normalized spacial score (nSPS) is 10.5. The molecule has 0 saturated heterocycles. The smallest absolute Gasteiger partial charge is 0.250 e. The summed E-state index contributed by atoms with van der Waals surface area (Å²) in [5.74, 6) is -0.408. The number of benzene rings is 2. The minimum absolute atomic E-state index is 0.408. The molecule has 0 aliphatic rings. The Morgan fingerprint density at radius 1 is 0.905 bits per heavy atom. The van der Waals surface area contributed by atoms with Gasteiger partial charge in [0.15, 0.2) is 0 Å². The second-order valence-corrected chi connectivity index (χ2v) is 5.03. The number of hydrogen-bond donors (Lipinski definition) is 2. The predicted octanol–water partition coefficient (Wildman–Crippen LogP) is 3.76. The predicted molar refractivity (Wildman–Crippen MR) is 84.9 cm³/mol. The van der Waals surface area contributed by atoms with E-state index in [2.05, 4.69) is 29.2 Å². The SMILES string of the molecule is Cc1[nH]c(-c2cccc(-c3ccccc3)c2)cc1C(N)=O. The summed E-state index contributed by atoms with van der Waals surface area (Å²) in [4.78, 5) is 14.6. The van der Waals surface area contributed by atoms with Crippen LogP contribution in [0.15, 0.2) is 60.7 Å². The van der Waals surface area contributed by atoms with Gasteiger partial charge >= 0.3 is 0 Å². The molecule has 1 amide bonds. The number of aromatic nitrogens is 1. The van der Waals surface area contributed by atoms with Crippen LogP contribution in [0.4, 0.5) is 0 Å². The summed E-state index contributed by atoms with van der Waals surface area (Å²) in [5, 5.41) is 0. The maximum absolute atomic E-state index is 11.4. The van der Waals surface area contributed by atoms with Gasteiger partial charge in [-0.25, -0.2) is 0 Å². The van der Waals surface area contributed by atoms with Crippen molar-refractivity contribution in [3.63, 3.8) is 0 Å². The van der Waals surface area contributed by atoms with Gasteiger partial charge in [-0.1, -0.05) is 48.5 Å². The van der Waals surface area contributed by atoms with E-state index in [9.17, 15) is 4.79 Å². The highest BCUT2D eigenvalue weighted by Crippen LogP contribution is 2.27. The molecule has 0 aliphatic carbocycles. The average Bonchev–Trinajstić information content (AvgIpc) is 2.91. The molecule has 0 bridgehead atoms. The summed E-state index contributed by atoms with van der Waals surface area (Å²) in [7, 11) is 0. The number of aromatic amines is 1. The van der Waals surface area contributed by atoms with Crippen molar-refractivity contribution < 1.29 is 4.79 Å². The number of rotatable bonds is 3. The van der Waals surface area contributed by atoms with Gasteiger partial charge in [0.2, 0.25) is 0 Å². The van der Waals surface area contributed by atoms with Gasteiger partial charge in [0, 0.05) is 11.4 Å². The minimum Gasteiger partial charge on any atom is -0.366 e. The second kappa shape index (κ2) is 5.29. The Hall–Kier alpha value is -2.81. The number of nitrogens with one attached hydrogen (secondary N) is 1. The molecular weight excluding hydrogens is 260 g/mol. The number of H-pyrrole nitrogens is 1. The molecule has 0 spiro atoms. The maximum atomic E-state index is 11.4. The zero-order valence-electron chi connectivity index (χ0n) is 11.8. The van der Waals surface area contributed by atoms with E-state index in [4.69, 9.17) is 5.73 Å². The number of carbonyl (C=O) groups excluding carboxylic acids is 1. The molecule has 3 N–H and O–H groups in total. The van der Waals surface area contributed by atoms with Gasteiger partial charge in [0.05, 0.1) is 5.56 Å². The second-order valence-electron chi connectivity index (χ2n) is 5.03. The van der Waals surface area contributed by atoms with E-state index in [0.717, 1.165) is 28.1 Å². The molecule has 0 saturated carbocycles. The van der Waals surface area contributed by atoms with Crippen molar-refractivity contribution in [1.82, 2.24) is 4.98 Å². The molecule has 0 unspecified atom stereocenters. The van der Waals surface area contributed by atoms with E-state index in [0.29, 0.717) is 5.56 Å². The topological polar surface area (TPSA) is 58.9 Å². The maximum Gasteiger partial charge on any atom is 0.250 e. The van der Waals surface area contributed by atoms with Crippen molar-refractivity contribution >= 4 is 5.91 Å². The monoisotopic (exact) mass is 276 g/mol. The molecule has 0 radical (unpaired) electrons. The molecule has 1 heterocycles. The Morgan fingerprint density at radius 2 is 1.57 bits per heavy atom. The molecule has 1 aromatic heterocycles. The quantitative estimate of drug-likeness (QED) is 0.752. The summed E-state index contributed by atoms with van der Waals surface area (Å²) in [5.41, 5.74) is 10.9. The van der Waals surface area contributed by atoms with Crippen molar-refractivity contribution in [3.05, 3.63) is 71.9 Å². The third-order valence-corrected chi connectivity index (χ3v) is 3.56. The Morgan fingerprint density at radius 3 is 2.24 bits per heavy atom. The summed E-state index contributed by atoms with van der Waals surface area (Å²) in [6.07, 6.45) is 0. The Bertz CT molecular complexity index is 788. The third kappa shape index (κ3) is 2.58. The van der Waals surface area contributed by atoms with Gasteiger partial charge in [-0.3, -0.25) is 4.79 Å². The number of aryl methyl sites for hydroxylation is 1. The van der Waals surface area contributed by atoms with Crippen LogP contribution >= 0.6 is 0 Å². The highest BCUT2D eigenvalue weighted by Gasteiger charge is 2.11. The number of carbonyl (C=O) groups is 1. The van der Waals surface area contributed by atoms with Crippen LogP contribution in [0.2, 0.25) is 0 Å². The first-order chi connectivity index (χ1) is 10.1. The van der Waals surface area contributed by atoms with Gasteiger partial charge in [0.1, 0.15) is 0 Å².